The number of rotatable bonds is 4. The molecule has 3 aromatic heterocycles. The molecule has 0 aliphatic heterocycles. The number of carboxylic acids is 2. The summed E-state index contributed by atoms with van der Waals surface area (Å²) in [6.45, 7) is 0. The largest absolute Gasteiger partial charge is 0.478 e. The Morgan fingerprint density at radius 3 is 2.35 bits per heavy atom. The summed E-state index contributed by atoms with van der Waals surface area (Å²) in [5.41, 5.74) is 0.786. The van der Waals surface area contributed by atoms with Crippen LogP contribution in [-0.4, -0.2) is 42.1 Å². The zero-order valence-corrected chi connectivity index (χ0v) is 11.6. The Morgan fingerprint density at radius 2 is 1.70 bits per heavy atom. The van der Waals surface area contributed by atoms with Crippen LogP contribution in [0.2, 0.25) is 0 Å². The van der Waals surface area contributed by atoms with Crippen molar-refractivity contribution in [2.45, 2.75) is 0 Å². The Hall–Kier alpha value is -3.55. The fraction of sp³-hybridized carbons (Fsp3) is 0. The zero-order valence-electron chi connectivity index (χ0n) is 11.6. The molecule has 3 heterocycles. The summed E-state index contributed by atoms with van der Waals surface area (Å²) >= 11 is 0. The van der Waals surface area contributed by atoms with E-state index >= 15 is 0 Å². The van der Waals surface area contributed by atoms with E-state index in [9.17, 15) is 14.7 Å². The van der Waals surface area contributed by atoms with Crippen molar-refractivity contribution in [3.05, 3.63) is 54.0 Å². The lowest BCUT2D eigenvalue weighted by Crippen LogP contribution is -2.00. The van der Waals surface area contributed by atoms with Gasteiger partial charge in [0.1, 0.15) is 0 Å². The molecule has 8 nitrogen and oxygen atoms in total. The fourth-order valence-electron chi connectivity index (χ4n) is 2.08. The molecule has 23 heavy (non-hydrogen) atoms. The summed E-state index contributed by atoms with van der Waals surface area (Å²) in [6, 6.07) is 5.66. The van der Waals surface area contributed by atoms with Gasteiger partial charge in [-0.3, -0.25) is 4.98 Å². The van der Waals surface area contributed by atoms with Gasteiger partial charge in [0.2, 0.25) is 0 Å². The molecule has 3 N–H and O–H groups in total. The minimum atomic E-state index is -1.17. The van der Waals surface area contributed by atoms with E-state index in [1.54, 1.807) is 6.07 Å². The Morgan fingerprint density at radius 1 is 0.957 bits per heavy atom. The molecule has 8 heteroatoms. The number of carboxylic acid groups (broad SMARTS) is 2. The maximum Gasteiger partial charge on any atom is 0.337 e. The summed E-state index contributed by atoms with van der Waals surface area (Å²) < 4.78 is 0. The number of pyridine rings is 1. The highest BCUT2D eigenvalue weighted by Crippen LogP contribution is 2.26. The van der Waals surface area contributed by atoms with Gasteiger partial charge in [-0.05, 0) is 24.3 Å². The van der Waals surface area contributed by atoms with Crippen molar-refractivity contribution in [1.29, 1.82) is 0 Å². The minimum Gasteiger partial charge on any atom is -0.478 e. The van der Waals surface area contributed by atoms with Crippen LogP contribution < -0.4 is 0 Å². The van der Waals surface area contributed by atoms with Crippen LogP contribution in [0.4, 0.5) is 0 Å². The predicted octanol–water partition coefficient (Wildman–Crippen LogP) is 1.93. The number of hydrogen-bond acceptors (Lipinski definition) is 5. The minimum absolute atomic E-state index is 0.0125. The first-order valence-electron chi connectivity index (χ1n) is 6.49. The highest BCUT2D eigenvalue weighted by molar-refractivity contribution is 5.97. The van der Waals surface area contributed by atoms with Crippen LogP contribution in [0.25, 0.3) is 22.9 Å². The predicted molar refractivity (Wildman–Crippen MR) is 79.0 cm³/mol. The van der Waals surface area contributed by atoms with Gasteiger partial charge in [-0.2, -0.15) is 0 Å². The molecule has 114 valence electrons. The molecule has 0 fully saturated rings. The van der Waals surface area contributed by atoms with Crippen molar-refractivity contribution in [3.63, 3.8) is 0 Å². The number of aromatic carboxylic acids is 2. The lowest BCUT2D eigenvalue weighted by Gasteiger charge is -2.01. The summed E-state index contributed by atoms with van der Waals surface area (Å²) in [6.07, 6.45) is 4.38. The highest BCUT2D eigenvalue weighted by atomic mass is 16.4. The molecule has 0 bridgehead atoms. The third-order valence-electron chi connectivity index (χ3n) is 3.12. The quantitative estimate of drug-likeness (QED) is 0.671. The topological polar surface area (TPSA) is 129 Å². The van der Waals surface area contributed by atoms with Crippen LogP contribution in [0.5, 0.6) is 0 Å². The van der Waals surface area contributed by atoms with E-state index in [0.717, 1.165) is 0 Å². The number of carbonyl (C=O) groups is 2. The molecule has 0 saturated heterocycles. The average Bonchev–Trinajstić information content (AvgIpc) is 3.01. The SMILES string of the molecule is O=C(O)c1ccnc(-c2[nH]c(-c3ncccn3)cc2C(=O)O)c1. The standard InChI is InChI=1S/C15H10N4O4/c20-14(21)8-2-5-16-10(6-8)12-9(15(22)23)7-11(19-12)13-17-3-1-4-18-13/h1-7,19H,(H,20,21)(H,22,23). The van der Waals surface area contributed by atoms with E-state index in [-0.39, 0.29) is 22.5 Å². The van der Waals surface area contributed by atoms with Gasteiger partial charge >= 0.3 is 11.9 Å². The molecular weight excluding hydrogens is 300 g/mol. The van der Waals surface area contributed by atoms with Crippen molar-refractivity contribution >= 4 is 11.9 Å². The number of hydrogen-bond donors (Lipinski definition) is 3. The maximum absolute atomic E-state index is 11.5. The van der Waals surface area contributed by atoms with Gasteiger partial charge in [0.25, 0.3) is 0 Å². The molecule has 0 radical (unpaired) electrons. The third kappa shape index (κ3) is 2.77. The number of aromatic amines is 1. The highest BCUT2D eigenvalue weighted by Gasteiger charge is 2.19. The molecule has 0 unspecified atom stereocenters. The second kappa shape index (κ2) is 5.68. The van der Waals surface area contributed by atoms with Gasteiger partial charge in [0, 0.05) is 18.6 Å². The molecule has 0 atom stereocenters. The van der Waals surface area contributed by atoms with Gasteiger partial charge in [-0.15, -0.1) is 0 Å². The molecule has 0 amide bonds. The molecule has 0 aromatic carbocycles. The Kier molecular flexibility index (Phi) is 3.55. The lowest BCUT2D eigenvalue weighted by atomic mass is 10.1. The van der Waals surface area contributed by atoms with Crippen molar-refractivity contribution in [3.8, 4) is 22.9 Å². The Labute approximate surface area is 129 Å². The van der Waals surface area contributed by atoms with E-state index in [4.69, 9.17) is 5.11 Å². The van der Waals surface area contributed by atoms with E-state index in [1.807, 2.05) is 0 Å². The van der Waals surface area contributed by atoms with Crippen LogP contribution in [0, 0.1) is 0 Å². The molecule has 0 saturated carbocycles. The second-order valence-electron chi connectivity index (χ2n) is 4.58. The normalized spacial score (nSPS) is 10.4. The first kappa shape index (κ1) is 14.4. The van der Waals surface area contributed by atoms with Crippen molar-refractivity contribution in [2.24, 2.45) is 0 Å². The van der Waals surface area contributed by atoms with E-state index in [0.29, 0.717) is 11.5 Å². The Balaban J connectivity index is 2.15. The summed E-state index contributed by atoms with van der Waals surface area (Å²) in [4.78, 5) is 37.6. The molecule has 0 spiro atoms. The van der Waals surface area contributed by atoms with Crippen LogP contribution in [0.15, 0.2) is 42.9 Å². The molecule has 3 rings (SSSR count). The maximum atomic E-state index is 11.5. The van der Waals surface area contributed by atoms with E-state index < -0.39 is 11.9 Å². The molecule has 0 aliphatic carbocycles. The fourth-order valence-corrected chi connectivity index (χ4v) is 2.08. The van der Waals surface area contributed by atoms with Crippen molar-refractivity contribution < 1.29 is 19.8 Å². The number of nitrogens with one attached hydrogen (secondary N) is 1. The van der Waals surface area contributed by atoms with Crippen molar-refractivity contribution in [2.75, 3.05) is 0 Å². The van der Waals surface area contributed by atoms with Crippen LogP contribution in [-0.2, 0) is 0 Å². The molecule has 0 aliphatic rings. The second-order valence-corrected chi connectivity index (χ2v) is 4.58. The van der Waals surface area contributed by atoms with Gasteiger partial charge < -0.3 is 15.2 Å². The smallest absolute Gasteiger partial charge is 0.337 e. The van der Waals surface area contributed by atoms with Gasteiger partial charge in [0.15, 0.2) is 5.82 Å². The van der Waals surface area contributed by atoms with E-state index in [2.05, 4.69) is 19.9 Å². The first-order chi connectivity index (χ1) is 11.1. The Bertz CT molecular complexity index is 890. The average molecular weight is 310 g/mol. The van der Waals surface area contributed by atoms with Crippen LogP contribution in [0.1, 0.15) is 20.7 Å². The molecule has 3 aromatic rings. The number of H-pyrrole nitrogens is 1. The summed E-state index contributed by atoms with van der Waals surface area (Å²) in [7, 11) is 0. The third-order valence-corrected chi connectivity index (χ3v) is 3.12. The van der Waals surface area contributed by atoms with Gasteiger partial charge in [0.05, 0.1) is 28.2 Å². The van der Waals surface area contributed by atoms with Crippen LogP contribution >= 0.6 is 0 Å². The monoisotopic (exact) mass is 310 g/mol. The van der Waals surface area contributed by atoms with Crippen LogP contribution in [0.3, 0.4) is 0 Å². The summed E-state index contributed by atoms with van der Waals surface area (Å²) in [5, 5.41) is 18.4. The lowest BCUT2D eigenvalue weighted by molar-refractivity contribution is 0.0687. The number of aromatic nitrogens is 4. The first-order valence-corrected chi connectivity index (χ1v) is 6.49. The molecular formula is C15H10N4O4. The van der Waals surface area contributed by atoms with Gasteiger partial charge in [-0.25, -0.2) is 19.6 Å². The van der Waals surface area contributed by atoms with Gasteiger partial charge in [-0.1, -0.05) is 0 Å². The van der Waals surface area contributed by atoms with E-state index in [1.165, 1.54) is 36.8 Å². The number of nitrogens with zero attached hydrogens (tertiary/aromatic N) is 3. The zero-order chi connectivity index (χ0) is 16.4. The van der Waals surface area contributed by atoms with Crippen molar-refractivity contribution in [1.82, 2.24) is 19.9 Å². The summed E-state index contributed by atoms with van der Waals surface area (Å²) in [5.74, 6) is -1.96.